The topological polar surface area (TPSA) is 67.9 Å². The van der Waals surface area contributed by atoms with Crippen molar-refractivity contribution >= 4 is 28.7 Å². The molecule has 5 nitrogen and oxygen atoms in total. The summed E-state index contributed by atoms with van der Waals surface area (Å²) in [6.07, 6.45) is 0.700. The molecule has 2 aromatic carbocycles. The van der Waals surface area contributed by atoms with E-state index < -0.39 is 0 Å². The van der Waals surface area contributed by atoms with Gasteiger partial charge in [0.1, 0.15) is 5.71 Å². The van der Waals surface area contributed by atoms with E-state index >= 15 is 0 Å². The van der Waals surface area contributed by atoms with Gasteiger partial charge in [-0.15, -0.1) is 5.10 Å². The van der Waals surface area contributed by atoms with Crippen LogP contribution in [0.3, 0.4) is 0 Å². The first-order valence-electron chi connectivity index (χ1n) is 7.11. The Morgan fingerprint density at radius 3 is 2.61 bits per heavy atom. The average Bonchev–Trinajstić information content (AvgIpc) is 2.65. The zero-order chi connectivity index (χ0) is 16.6. The van der Waals surface area contributed by atoms with Gasteiger partial charge in [0.25, 0.3) is 5.69 Å². The Morgan fingerprint density at radius 2 is 1.91 bits per heavy atom. The number of hydrogen-bond donors (Lipinski definition) is 0. The predicted octanol–water partition coefficient (Wildman–Crippen LogP) is 4.33. The van der Waals surface area contributed by atoms with Gasteiger partial charge in [-0.1, -0.05) is 17.7 Å². The molecule has 2 aromatic rings. The van der Waals surface area contributed by atoms with E-state index in [-0.39, 0.29) is 10.6 Å². The molecule has 0 saturated carbocycles. The molecule has 0 bridgehead atoms. The molecule has 0 saturated heterocycles. The molecule has 0 unspecified atom stereocenters. The number of nitro groups is 1. The molecule has 23 heavy (non-hydrogen) atoms. The Morgan fingerprint density at radius 1 is 1.13 bits per heavy atom. The fraction of sp³-hybridized carbons (Fsp3) is 0.176. The highest BCUT2D eigenvalue weighted by Gasteiger charge is 2.18. The summed E-state index contributed by atoms with van der Waals surface area (Å²) < 4.78 is 0. The van der Waals surface area contributed by atoms with Gasteiger partial charge < -0.3 is 0 Å². The largest absolute Gasteiger partial charge is 0.272 e. The lowest BCUT2D eigenvalue weighted by Crippen LogP contribution is -2.07. The average molecular weight is 328 g/mol. The van der Waals surface area contributed by atoms with Crippen molar-refractivity contribution < 1.29 is 4.92 Å². The van der Waals surface area contributed by atoms with Crippen molar-refractivity contribution in [3.05, 3.63) is 73.8 Å². The van der Waals surface area contributed by atoms with Crippen LogP contribution >= 0.6 is 11.6 Å². The second kappa shape index (κ2) is 5.93. The summed E-state index contributed by atoms with van der Waals surface area (Å²) in [6.45, 7) is 3.64. The van der Waals surface area contributed by atoms with Crippen LogP contribution in [0, 0.1) is 17.0 Å². The fourth-order valence-corrected chi connectivity index (χ4v) is 2.82. The zero-order valence-electron chi connectivity index (χ0n) is 12.7. The molecule has 0 fully saturated rings. The maximum Gasteiger partial charge on any atom is 0.272 e. The molecule has 0 aliphatic carbocycles. The van der Waals surface area contributed by atoms with Gasteiger partial charge in [0.05, 0.1) is 4.92 Å². The number of nitrogens with zero attached hydrogens (tertiary/aromatic N) is 3. The second-order valence-corrected chi connectivity index (χ2v) is 5.96. The number of nitro benzene ring substituents is 1. The number of halogens is 1. The molecule has 0 spiro atoms. The van der Waals surface area contributed by atoms with E-state index in [1.54, 1.807) is 19.1 Å². The van der Waals surface area contributed by atoms with Crippen molar-refractivity contribution in [3.63, 3.8) is 0 Å². The number of benzene rings is 2. The van der Waals surface area contributed by atoms with Crippen molar-refractivity contribution in [1.82, 2.24) is 0 Å². The van der Waals surface area contributed by atoms with Crippen molar-refractivity contribution in [2.75, 3.05) is 0 Å². The monoisotopic (exact) mass is 327 g/mol. The Hall–Kier alpha value is -2.53. The van der Waals surface area contributed by atoms with Crippen LogP contribution in [0.4, 0.5) is 5.69 Å². The van der Waals surface area contributed by atoms with Crippen LogP contribution in [-0.2, 0) is 6.42 Å². The third-order valence-electron chi connectivity index (χ3n) is 3.76. The van der Waals surface area contributed by atoms with Gasteiger partial charge in [0.15, 0.2) is 0 Å². The van der Waals surface area contributed by atoms with Gasteiger partial charge in [0.2, 0.25) is 0 Å². The van der Waals surface area contributed by atoms with E-state index in [1.165, 1.54) is 6.07 Å². The highest BCUT2D eigenvalue weighted by molar-refractivity contribution is 6.31. The van der Waals surface area contributed by atoms with E-state index in [9.17, 15) is 10.1 Å². The number of aryl methyl sites for hydroxylation is 1. The van der Waals surface area contributed by atoms with Gasteiger partial charge in [-0.25, -0.2) is 0 Å². The summed E-state index contributed by atoms with van der Waals surface area (Å²) >= 11 is 6.14. The van der Waals surface area contributed by atoms with Crippen LogP contribution < -0.4 is 0 Å². The molecule has 0 radical (unpaired) electrons. The summed E-state index contributed by atoms with van der Waals surface area (Å²) in [5.74, 6) is 0. The molecule has 6 heteroatoms. The molecule has 3 rings (SSSR count). The van der Waals surface area contributed by atoms with Crippen LogP contribution in [-0.4, -0.2) is 16.3 Å². The standard InChI is InChI=1S/C17H14ClN3O2/c1-10-7-13(4-6-16(10)21(22)23)17-15-9-14(18)5-3-12(15)8-11(2)19-20-17/h3-7,9H,8H2,1-2H3. The first kappa shape index (κ1) is 15.4. The maximum absolute atomic E-state index is 11.0. The highest BCUT2D eigenvalue weighted by Crippen LogP contribution is 2.26. The van der Waals surface area contributed by atoms with Crippen LogP contribution in [0.5, 0.6) is 0 Å². The zero-order valence-corrected chi connectivity index (χ0v) is 13.5. The van der Waals surface area contributed by atoms with Crippen LogP contribution in [0.2, 0.25) is 5.02 Å². The lowest BCUT2D eigenvalue weighted by atomic mass is 9.94. The van der Waals surface area contributed by atoms with Crippen molar-refractivity contribution in [2.45, 2.75) is 20.3 Å². The summed E-state index contributed by atoms with van der Waals surface area (Å²) in [6, 6.07) is 10.6. The summed E-state index contributed by atoms with van der Waals surface area (Å²) in [4.78, 5) is 10.6. The minimum absolute atomic E-state index is 0.0916. The Kier molecular flexibility index (Phi) is 3.96. The predicted molar refractivity (Wildman–Crippen MR) is 91.7 cm³/mol. The minimum Gasteiger partial charge on any atom is -0.258 e. The lowest BCUT2D eigenvalue weighted by Gasteiger charge is -2.10. The maximum atomic E-state index is 11.0. The number of rotatable bonds is 2. The van der Waals surface area contributed by atoms with Gasteiger partial charge in [-0.2, -0.15) is 5.10 Å². The number of hydrogen-bond acceptors (Lipinski definition) is 4. The van der Waals surface area contributed by atoms with E-state index in [2.05, 4.69) is 10.2 Å². The third-order valence-corrected chi connectivity index (χ3v) is 4.00. The molecule has 0 aromatic heterocycles. The van der Waals surface area contributed by atoms with Gasteiger partial charge in [0, 0.05) is 39.9 Å². The van der Waals surface area contributed by atoms with Gasteiger partial charge in [-0.3, -0.25) is 10.1 Å². The van der Waals surface area contributed by atoms with Gasteiger partial charge in [-0.05, 0) is 43.7 Å². The molecule has 0 atom stereocenters. The molecule has 0 amide bonds. The number of fused-ring (bicyclic) bond motifs is 1. The van der Waals surface area contributed by atoms with E-state index in [4.69, 9.17) is 11.6 Å². The summed E-state index contributed by atoms with van der Waals surface area (Å²) in [7, 11) is 0. The van der Waals surface area contributed by atoms with Crippen molar-refractivity contribution in [1.29, 1.82) is 0 Å². The fourth-order valence-electron chi connectivity index (χ4n) is 2.64. The van der Waals surface area contributed by atoms with E-state index in [0.29, 0.717) is 22.7 Å². The minimum atomic E-state index is -0.388. The summed E-state index contributed by atoms with van der Waals surface area (Å²) in [5, 5.41) is 20.2. The normalized spacial score (nSPS) is 13.7. The van der Waals surface area contributed by atoms with Crippen molar-refractivity contribution in [3.8, 4) is 0 Å². The van der Waals surface area contributed by atoms with Crippen molar-refractivity contribution in [2.24, 2.45) is 10.2 Å². The van der Waals surface area contributed by atoms with Crippen LogP contribution in [0.1, 0.15) is 29.2 Å². The molecule has 0 N–H and O–H groups in total. The Labute approximate surface area is 138 Å². The Bertz CT molecular complexity index is 872. The van der Waals surface area contributed by atoms with E-state index in [0.717, 1.165) is 22.4 Å². The molecular formula is C17H14ClN3O2. The molecule has 1 aliphatic heterocycles. The molecule has 1 aliphatic rings. The smallest absolute Gasteiger partial charge is 0.258 e. The molecule has 1 heterocycles. The second-order valence-electron chi connectivity index (χ2n) is 5.52. The first-order valence-corrected chi connectivity index (χ1v) is 7.49. The Balaban J connectivity index is 2.18. The summed E-state index contributed by atoms with van der Waals surface area (Å²) in [5.41, 5.74) is 5.04. The SMILES string of the molecule is CC1=NN=C(c2ccc([N+](=O)[O-])c(C)c2)c2cc(Cl)ccc2C1. The molecule has 116 valence electrons. The van der Waals surface area contributed by atoms with Gasteiger partial charge >= 0.3 is 0 Å². The van der Waals surface area contributed by atoms with Crippen LogP contribution in [0.15, 0.2) is 46.6 Å². The quantitative estimate of drug-likeness (QED) is 0.608. The van der Waals surface area contributed by atoms with Crippen LogP contribution in [0.25, 0.3) is 0 Å². The lowest BCUT2D eigenvalue weighted by molar-refractivity contribution is -0.385. The third kappa shape index (κ3) is 3.00. The molecular weight excluding hydrogens is 314 g/mol. The first-order chi connectivity index (χ1) is 11.0. The highest BCUT2D eigenvalue weighted by atomic mass is 35.5. The van der Waals surface area contributed by atoms with E-state index in [1.807, 2.05) is 25.1 Å².